The van der Waals surface area contributed by atoms with Gasteiger partial charge in [0.1, 0.15) is 0 Å². The second-order valence-electron chi connectivity index (χ2n) is 5.27. The number of piperidine rings is 1. The predicted octanol–water partition coefficient (Wildman–Crippen LogP) is 2.89. The van der Waals surface area contributed by atoms with Crippen LogP contribution in [0.3, 0.4) is 0 Å². The molecule has 2 rings (SSSR count). The number of carbonyl (C=O) groups excluding carboxylic acids is 1. The molecule has 98 valence electrons. The quantitative estimate of drug-likeness (QED) is 0.861. The molecule has 1 fully saturated rings. The lowest BCUT2D eigenvalue weighted by Crippen LogP contribution is -2.43. The summed E-state index contributed by atoms with van der Waals surface area (Å²) < 4.78 is 0. The molecule has 3 heteroatoms. The third-order valence-electron chi connectivity index (χ3n) is 3.47. The van der Waals surface area contributed by atoms with E-state index in [1.807, 2.05) is 12.1 Å². The zero-order valence-electron chi connectivity index (χ0n) is 11.2. The van der Waals surface area contributed by atoms with Crippen LogP contribution in [-0.2, 0) is 4.79 Å². The second-order valence-corrected chi connectivity index (χ2v) is 5.27. The molecule has 1 saturated heterocycles. The number of anilines is 1. The molecule has 0 saturated carbocycles. The van der Waals surface area contributed by atoms with Crippen molar-refractivity contribution in [1.82, 2.24) is 5.32 Å². The molecule has 1 aromatic carbocycles. The van der Waals surface area contributed by atoms with E-state index in [-0.39, 0.29) is 11.9 Å². The van der Waals surface area contributed by atoms with Gasteiger partial charge in [0.05, 0.1) is 6.04 Å². The van der Waals surface area contributed by atoms with Crippen LogP contribution in [0.15, 0.2) is 24.3 Å². The van der Waals surface area contributed by atoms with Crippen molar-refractivity contribution in [2.45, 2.75) is 45.1 Å². The molecule has 0 bridgehead atoms. The maximum atomic E-state index is 12.0. The number of rotatable bonds is 3. The van der Waals surface area contributed by atoms with E-state index in [0.717, 1.165) is 25.1 Å². The van der Waals surface area contributed by atoms with E-state index in [2.05, 4.69) is 36.6 Å². The molecule has 3 nitrogen and oxygen atoms in total. The molecule has 2 N–H and O–H groups in total. The molecular weight excluding hydrogens is 224 g/mol. The Morgan fingerprint density at radius 1 is 1.28 bits per heavy atom. The third-order valence-corrected chi connectivity index (χ3v) is 3.47. The Kier molecular flexibility index (Phi) is 4.37. The highest BCUT2D eigenvalue weighted by atomic mass is 16.2. The summed E-state index contributed by atoms with van der Waals surface area (Å²) in [6.07, 6.45) is 3.25. The maximum absolute atomic E-state index is 12.0. The van der Waals surface area contributed by atoms with E-state index in [1.54, 1.807) is 0 Å². The summed E-state index contributed by atoms with van der Waals surface area (Å²) >= 11 is 0. The molecule has 0 aromatic heterocycles. The molecule has 0 aliphatic carbocycles. The summed E-state index contributed by atoms with van der Waals surface area (Å²) in [5.41, 5.74) is 2.18. The van der Waals surface area contributed by atoms with E-state index >= 15 is 0 Å². The summed E-state index contributed by atoms with van der Waals surface area (Å²) in [6, 6.07) is 8.10. The van der Waals surface area contributed by atoms with Crippen molar-refractivity contribution in [2.75, 3.05) is 11.9 Å². The lowest BCUT2D eigenvalue weighted by atomic mass is 10.0. The average molecular weight is 246 g/mol. The molecule has 1 aliphatic heterocycles. The molecule has 1 amide bonds. The third kappa shape index (κ3) is 3.33. The lowest BCUT2D eigenvalue weighted by molar-refractivity contribution is -0.118. The van der Waals surface area contributed by atoms with Crippen molar-refractivity contribution >= 4 is 11.6 Å². The normalized spacial score (nSPS) is 19.8. The highest BCUT2D eigenvalue weighted by Gasteiger charge is 2.20. The molecule has 0 spiro atoms. The van der Waals surface area contributed by atoms with E-state index in [1.165, 1.54) is 12.0 Å². The summed E-state index contributed by atoms with van der Waals surface area (Å²) in [4.78, 5) is 12.0. The first-order chi connectivity index (χ1) is 8.66. The highest BCUT2D eigenvalue weighted by Crippen LogP contribution is 2.17. The molecule has 0 radical (unpaired) electrons. The molecule has 1 heterocycles. The first-order valence-electron chi connectivity index (χ1n) is 6.81. The average Bonchev–Trinajstić information content (AvgIpc) is 2.40. The van der Waals surface area contributed by atoms with Crippen LogP contribution in [0, 0.1) is 0 Å². The summed E-state index contributed by atoms with van der Waals surface area (Å²) in [6.45, 7) is 5.28. The minimum Gasteiger partial charge on any atom is -0.325 e. The van der Waals surface area contributed by atoms with Crippen LogP contribution < -0.4 is 10.6 Å². The molecule has 1 atom stereocenters. The van der Waals surface area contributed by atoms with E-state index < -0.39 is 0 Å². The number of carbonyl (C=O) groups is 1. The molecular formula is C15H22N2O. The number of hydrogen-bond donors (Lipinski definition) is 2. The van der Waals surface area contributed by atoms with Gasteiger partial charge in [-0.05, 0) is 43.0 Å². The number of hydrogen-bond acceptors (Lipinski definition) is 2. The molecule has 0 unspecified atom stereocenters. The van der Waals surface area contributed by atoms with Gasteiger partial charge in [-0.1, -0.05) is 32.4 Å². The van der Waals surface area contributed by atoms with Gasteiger partial charge in [0.2, 0.25) is 5.91 Å². The fourth-order valence-electron chi connectivity index (χ4n) is 2.26. The zero-order chi connectivity index (χ0) is 13.0. The van der Waals surface area contributed by atoms with Crippen LogP contribution in [0.1, 0.15) is 44.6 Å². The Hall–Kier alpha value is -1.35. The topological polar surface area (TPSA) is 41.1 Å². The van der Waals surface area contributed by atoms with Crippen LogP contribution in [0.4, 0.5) is 5.69 Å². The van der Waals surface area contributed by atoms with Gasteiger partial charge in [-0.25, -0.2) is 0 Å². The van der Waals surface area contributed by atoms with Gasteiger partial charge in [-0.2, -0.15) is 0 Å². The van der Waals surface area contributed by atoms with Crippen LogP contribution in [0.5, 0.6) is 0 Å². The molecule has 1 aliphatic rings. The van der Waals surface area contributed by atoms with E-state index in [0.29, 0.717) is 5.92 Å². The Morgan fingerprint density at radius 2 is 2.00 bits per heavy atom. The van der Waals surface area contributed by atoms with E-state index in [4.69, 9.17) is 0 Å². The van der Waals surface area contributed by atoms with Crippen molar-refractivity contribution in [2.24, 2.45) is 0 Å². The maximum Gasteiger partial charge on any atom is 0.241 e. The summed E-state index contributed by atoms with van der Waals surface area (Å²) in [5.74, 6) is 0.613. The van der Waals surface area contributed by atoms with E-state index in [9.17, 15) is 4.79 Å². The SMILES string of the molecule is CC(C)c1ccc(NC(=O)[C@@H]2CCCCN2)cc1. The van der Waals surface area contributed by atoms with Crippen molar-refractivity contribution in [3.8, 4) is 0 Å². The monoisotopic (exact) mass is 246 g/mol. The minimum atomic E-state index is -0.0245. The zero-order valence-corrected chi connectivity index (χ0v) is 11.2. The summed E-state index contributed by atoms with van der Waals surface area (Å²) in [5, 5.41) is 6.23. The van der Waals surface area contributed by atoms with Crippen LogP contribution in [0.2, 0.25) is 0 Å². The standard InChI is InChI=1S/C15H22N2O/c1-11(2)12-6-8-13(9-7-12)17-15(18)14-5-3-4-10-16-14/h6-9,11,14,16H,3-5,10H2,1-2H3,(H,17,18)/t14-/m0/s1. The van der Waals surface area contributed by atoms with Gasteiger partial charge in [0.25, 0.3) is 0 Å². The number of benzene rings is 1. The molecule has 18 heavy (non-hydrogen) atoms. The van der Waals surface area contributed by atoms with Crippen LogP contribution in [-0.4, -0.2) is 18.5 Å². The van der Waals surface area contributed by atoms with Crippen LogP contribution >= 0.6 is 0 Å². The van der Waals surface area contributed by atoms with Gasteiger partial charge >= 0.3 is 0 Å². The van der Waals surface area contributed by atoms with Gasteiger partial charge < -0.3 is 10.6 Å². The minimum absolute atomic E-state index is 0.0245. The van der Waals surface area contributed by atoms with Gasteiger partial charge in [-0.15, -0.1) is 0 Å². The fraction of sp³-hybridized carbons (Fsp3) is 0.533. The van der Waals surface area contributed by atoms with Gasteiger partial charge in [-0.3, -0.25) is 4.79 Å². The summed E-state index contributed by atoms with van der Waals surface area (Å²) in [7, 11) is 0. The Morgan fingerprint density at radius 3 is 2.56 bits per heavy atom. The van der Waals surface area contributed by atoms with Gasteiger partial charge in [0.15, 0.2) is 0 Å². The fourth-order valence-corrected chi connectivity index (χ4v) is 2.26. The predicted molar refractivity (Wildman–Crippen MR) is 74.8 cm³/mol. The second kappa shape index (κ2) is 6.01. The number of nitrogens with one attached hydrogen (secondary N) is 2. The molecule has 1 aromatic rings. The van der Waals surface area contributed by atoms with Crippen molar-refractivity contribution in [3.05, 3.63) is 29.8 Å². The highest BCUT2D eigenvalue weighted by molar-refractivity contribution is 5.94. The van der Waals surface area contributed by atoms with Crippen molar-refractivity contribution < 1.29 is 4.79 Å². The number of amides is 1. The van der Waals surface area contributed by atoms with Crippen molar-refractivity contribution in [3.63, 3.8) is 0 Å². The first kappa shape index (κ1) is 13.1. The largest absolute Gasteiger partial charge is 0.325 e. The Balaban J connectivity index is 1.94. The smallest absolute Gasteiger partial charge is 0.241 e. The van der Waals surface area contributed by atoms with Gasteiger partial charge in [0, 0.05) is 5.69 Å². The van der Waals surface area contributed by atoms with Crippen LogP contribution in [0.25, 0.3) is 0 Å². The van der Waals surface area contributed by atoms with Crippen molar-refractivity contribution in [1.29, 1.82) is 0 Å². The Bertz CT molecular complexity index is 391. The first-order valence-corrected chi connectivity index (χ1v) is 6.81. The lowest BCUT2D eigenvalue weighted by Gasteiger charge is -2.22. The Labute approximate surface area is 109 Å².